The Morgan fingerprint density at radius 2 is 1.92 bits per heavy atom. The zero-order chi connectivity index (χ0) is 17.9. The molecular formula is C17H20ClN3O3. The molecule has 2 aromatic rings. The minimum Gasteiger partial charge on any atom is -0.449 e. The summed E-state index contributed by atoms with van der Waals surface area (Å²) in [4.78, 5) is 23.7. The SMILES string of the molecule is CCNC(=O)C(C)OC(=O)c1ccc(-n2nc(C)c(Cl)c2C)cc1. The fourth-order valence-electron chi connectivity index (χ4n) is 2.21. The molecule has 1 amide bonds. The van der Waals surface area contributed by atoms with E-state index in [1.165, 1.54) is 6.92 Å². The van der Waals surface area contributed by atoms with Gasteiger partial charge in [0, 0.05) is 6.54 Å². The van der Waals surface area contributed by atoms with Gasteiger partial charge in [-0.2, -0.15) is 5.10 Å². The Hall–Kier alpha value is -2.34. The summed E-state index contributed by atoms with van der Waals surface area (Å²) in [7, 11) is 0. The standard InChI is InChI=1S/C17H20ClN3O3/c1-5-19-16(22)12(4)24-17(23)13-6-8-14(9-7-13)21-11(3)15(18)10(2)20-21/h6-9,12H,5H2,1-4H3,(H,19,22). The van der Waals surface area contributed by atoms with E-state index < -0.39 is 12.1 Å². The summed E-state index contributed by atoms with van der Waals surface area (Å²) in [5.41, 5.74) is 2.72. The Morgan fingerprint density at radius 1 is 1.29 bits per heavy atom. The summed E-state index contributed by atoms with van der Waals surface area (Å²) in [6, 6.07) is 6.77. The Kier molecular flexibility index (Phi) is 5.62. The van der Waals surface area contributed by atoms with Crippen molar-refractivity contribution in [3.8, 4) is 5.69 Å². The summed E-state index contributed by atoms with van der Waals surface area (Å²) in [6.45, 7) is 7.53. The lowest BCUT2D eigenvalue weighted by atomic mass is 10.2. The maximum atomic E-state index is 12.1. The molecule has 0 fully saturated rings. The van der Waals surface area contributed by atoms with E-state index in [-0.39, 0.29) is 5.91 Å². The molecule has 6 nitrogen and oxygen atoms in total. The van der Waals surface area contributed by atoms with Gasteiger partial charge in [0.1, 0.15) is 0 Å². The molecule has 7 heteroatoms. The van der Waals surface area contributed by atoms with Crippen molar-refractivity contribution in [1.29, 1.82) is 0 Å². The second-order valence-electron chi connectivity index (χ2n) is 5.39. The third-order valence-corrected chi connectivity index (χ3v) is 4.10. The molecular weight excluding hydrogens is 330 g/mol. The molecule has 2 rings (SSSR count). The van der Waals surface area contributed by atoms with E-state index >= 15 is 0 Å². The number of benzene rings is 1. The molecule has 0 aliphatic rings. The number of ether oxygens (including phenoxy) is 1. The first-order valence-corrected chi connectivity index (χ1v) is 8.03. The topological polar surface area (TPSA) is 73.2 Å². The number of nitrogens with zero attached hydrogens (tertiary/aromatic N) is 2. The van der Waals surface area contributed by atoms with Gasteiger partial charge in [0.2, 0.25) is 0 Å². The van der Waals surface area contributed by atoms with E-state index in [1.807, 2.05) is 13.8 Å². The number of esters is 1. The van der Waals surface area contributed by atoms with Crippen LogP contribution in [0.5, 0.6) is 0 Å². The first kappa shape index (κ1) is 18.0. The molecule has 1 aromatic heterocycles. The first-order valence-electron chi connectivity index (χ1n) is 7.66. The van der Waals surface area contributed by atoms with E-state index in [0.29, 0.717) is 17.1 Å². The number of amides is 1. The van der Waals surface area contributed by atoms with Crippen LogP contribution in [0, 0.1) is 13.8 Å². The van der Waals surface area contributed by atoms with Gasteiger partial charge in [-0.15, -0.1) is 0 Å². The number of hydrogen-bond donors (Lipinski definition) is 1. The lowest BCUT2D eigenvalue weighted by Crippen LogP contribution is -2.35. The summed E-state index contributed by atoms with van der Waals surface area (Å²) in [5.74, 6) is -0.869. The minimum absolute atomic E-state index is 0.320. The molecule has 0 bridgehead atoms. The van der Waals surface area contributed by atoms with Crippen molar-refractivity contribution in [2.75, 3.05) is 6.54 Å². The van der Waals surface area contributed by atoms with E-state index in [0.717, 1.165) is 17.1 Å². The predicted molar refractivity (Wildman–Crippen MR) is 91.6 cm³/mol. The summed E-state index contributed by atoms with van der Waals surface area (Å²) in [6.07, 6.45) is -0.841. The number of carbonyl (C=O) groups is 2. The smallest absolute Gasteiger partial charge is 0.338 e. The van der Waals surface area contributed by atoms with Gasteiger partial charge in [-0.25, -0.2) is 9.48 Å². The highest BCUT2D eigenvalue weighted by molar-refractivity contribution is 6.31. The second kappa shape index (κ2) is 7.49. The number of rotatable bonds is 5. The maximum absolute atomic E-state index is 12.1. The molecule has 0 spiro atoms. The van der Waals surface area contributed by atoms with E-state index in [2.05, 4.69) is 10.4 Å². The van der Waals surface area contributed by atoms with E-state index in [4.69, 9.17) is 16.3 Å². The molecule has 1 aromatic carbocycles. The zero-order valence-electron chi connectivity index (χ0n) is 14.1. The predicted octanol–water partition coefficient (Wildman–Crippen LogP) is 2.82. The number of aromatic nitrogens is 2. The molecule has 1 N–H and O–H groups in total. The number of aryl methyl sites for hydroxylation is 1. The molecule has 0 aliphatic carbocycles. The van der Waals surface area contributed by atoms with Crippen molar-refractivity contribution in [3.63, 3.8) is 0 Å². The van der Waals surface area contributed by atoms with Crippen molar-refractivity contribution in [2.45, 2.75) is 33.8 Å². The number of carbonyl (C=O) groups excluding carboxylic acids is 2. The first-order chi connectivity index (χ1) is 11.3. The molecule has 0 saturated heterocycles. The lowest BCUT2D eigenvalue weighted by molar-refractivity contribution is -0.128. The van der Waals surface area contributed by atoms with E-state index in [1.54, 1.807) is 35.9 Å². The minimum atomic E-state index is -0.841. The molecule has 1 atom stereocenters. The van der Waals surface area contributed by atoms with Crippen LogP contribution in [-0.2, 0) is 9.53 Å². The molecule has 0 saturated carbocycles. The molecule has 24 heavy (non-hydrogen) atoms. The Bertz CT molecular complexity index is 753. The highest BCUT2D eigenvalue weighted by Crippen LogP contribution is 2.22. The number of hydrogen-bond acceptors (Lipinski definition) is 4. The highest BCUT2D eigenvalue weighted by atomic mass is 35.5. The van der Waals surface area contributed by atoms with Gasteiger partial charge in [-0.05, 0) is 52.0 Å². The largest absolute Gasteiger partial charge is 0.449 e. The summed E-state index contributed by atoms with van der Waals surface area (Å²) < 4.78 is 6.86. The third kappa shape index (κ3) is 3.76. The van der Waals surface area contributed by atoms with Crippen molar-refractivity contribution < 1.29 is 14.3 Å². The van der Waals surface area contributed by atoms with Crippen LogP contribution in [0.2, 0.25) is 5.02 Å². The summed E-state index contributed by atoms with van der Waals surface area (Å²) >= 11 is 6.15. The highest BCUT2D eigenvalue weighted by Gasteiger charge is 2.18. The van der Waals surface area contributed by atoms with Gasteiger partial charge >= 0.3 is 5.97 Å². The molecule has 1 unspecified atom stereocenters. The van der Waals surface area contributed by atoms with Gasteiger partial charge in [0.25, 0.3) is 5.91 Å². The maximum Gasteiger partial charge on any atom is 0.338 e. The second-order valence-corrected chi connectivity index (χ2v) is 5.76. The molecule has 0 radical (unpaired) electrons. The third-order valence-electron chi connectivity index (χ3n) is 3.55. The van der Waals surface area contributed by atoms with Gasteiger partial charge in [0.05, 0.1) is 27.7 Å². The van der Waals surface area contributed by atoms with Crippen molar-refractivity contribution in [3.05, 3.63) is 46.2 Å². The van der Waals surface area contributed by atoms with Crippen molar-refractivity contribution in [2.24, 2.45) is 0 Å². The quantitative estimate of drug-likeness (QED) is 0.842. The van der Waals surface area contributed by atoms with Gasteiger partial charge in [-0.3, -0.25) is 4.79 Å². The number of nitrogens with one attached hydrogen (secondary N) is 1. The van der Waals surface area contributed by atoms with Crippen LogP contribution in [0.15, 0.2) is 24.3 Å². The molecule has 0 aliphatic heterocycles. The van der Waals surface area contributed by atoms with Gasteiger partial charge < -0.3 is 10.1 Å². The van der Waals surface area contributed by atoms with Crippen LogP contribution in [0.3, 0.4) is 0 Å². The van der Waals surface area contributed by atoms with Crippen LogP contribution in [-0.4, -0.2) is 34.3 Å². The van der Waals surface area contributed by atoms with Crippen LogP contribution in [0.25, 0.3) is 5.69 Å². The molecule has 128 valence electrons. The lowest BCUT2D eigenvalue weighted by Gasteiger charge is -2.13. The summed E-state index contributed by atoms with van der Waals surface area (Å²) in [5, 5.41) is 7.59. The van der Waals surface area contributed by atoms with E-state index in [9.17, 15) is 9.59 Å². The molecule has 1 heterocycles. The van der Waals surface area contributed by atoms with Crippen LogP contribution in [0.4, 0.5) is 0 Å². The number of halogens is 1. The van der Waals surface area contributed by atoms with Gasteiger partial charge in [0.15, 0.2) is 6.10 Å². The van der Waals surface area contributed by atoms with Crippen molar-refractivity contribution >= 4 is 23.5 Å². The fraction of sp³-hybridized carbons (Fsp3) is 0.353. The monoisotopic (exact) mass is 349 g/mol. The van der Waals surface area contributed by atoms with Crippen LogP contribution in [0.1, 0.15) is 35.6 Å². The van der Waals surface area contributed by atoms with Crippen molar-refractivity contribution in [1.82, 2.24) is 15.1 Å². The Labute approximate surface area is 145 Å². The Morgan fingerprint density at radius 3 is 2.42 bits per heavy atom. The average Bonchev–Trinajstić information content (AvgIpc) is 2.82. The number of likely N-dealkylation sites (N-methyl/N-ethyl adjacent to an activating group) is 1. The van der Waals surface area contributed by atoms with Gasteiger partial charge in [-0.1, -0.05) is 11.6 Å². The Balaban J connectivity index is 2.13. The fourth-order valence-corrected chi connectivity index (χ4v) is 2.33. The average molecular weight is 350 g/mol. The normalized spacial score (nSPS) is 11.9. The van der Waals surface area contributed by atoms with Crippen LogP contribution < -0.4 is 5.32 Å². The van der Waals surface area contributed by atoms with Crippen LogP contribution >= 0.6 is 11.6 Å². The zero-order valence-corrected chi connectivity index (χ0v) is 14.8.